The fourth-order valence-electron chi connectivity index (χ4n) is 1.71. The number of nitro groups is 1. The number of nitrogens with one attached hydrogen (secondary N) is 1. The van der Waals surface area contributed by atoms with Crippen LogP contribution in [0.4, 0.5) is 11.4 Å². The number of nitriles is 2. The number of hydrogen-bond donors (Lipinski definition) is 1. The summed E-state index contributed by atoms with van der Waals surface area (Å²) in [4.78, 5) is 23.6. The molecule has 0 heterocycles. The van der Waals surface area contributed by atoms with Gasteiger partial charge in [-0.25, -0.2) is 0 Å². The van der Waals surface area contributed by atoms with Gasteiger partial charge in [-0.3, -0.25) is 14.9 Å². The zero-order chi connectivity index (χ0) is 15.8. The quantitative estimate of drug-likeness (QED) is 0.480. The first-order valence-corrected chi connectivity index (χ1v) is 6.10. The Morgan fingerprint density at radius 3 is 2.48 bits per heavy atom. The molecule has 1 N–H and O–H groups in total. The molecule has 21 heavy (non-hydrogen) atoms. The van der Waals surface area contributed by atoms with Crippen molar-refractivity contribution in [3.05, 3.63) is 33.9 Å². The number of carbonyl (C=O) groups is 1. The van der Waals surface area contributed by atoms with Gasteiger partial charge in [-0.15, -0.1) is 0 Å². The van der Waals surface area contributed by atoms with E-state index in [0.29, 0.717) is 6.54 Å². The molecule has 0 aliphatic rings. The molecule has 1 aromatic rings. The topological polar surface area (TPSA) is 123 Å². The van der Waals surface area contributed by atoms with Crippen molar-refractivity contribution in [3.8, 4) is 12.1 Å². The van der Waals surface area contributed by atoms with E-state index >= 15 is 0 Å². The molecule has 0 bridgehead atoms. The zero-order valence-electron chi connectivity index (χ0n) is 11.4. The van der Waals surface area contributed by atoms with Gasteiger partial charge in [0.1, 0.15) is 18.8 Å². The number of anilines is 1. The number of carbonyl (C=O) groups excluding carboxylic acids is 1. The van der Waals surface area contributed by atoms with E-state index in [1.807, 2.05) is 0 Å². The summed E-state index contributed by atoms with van der Waals surface area (Å²) in [6.45, 7) is 1.79. The predicted octanol–water partition coefficient (Wildman–Crippen LogP) is 1.52. The molecule has 1 amide bonds. The van der Waals surface area contributed by atoms with E-state index in [9.17, 15) is 14.9 Å². The maximum atomic E-state index is 12.2. The van der Waals surface area contributed by atoms with Crippen LogP contribution in [0.1, 0.15) is 17.3 Å². The number of hydrogen-bond acceptors (Lipinski definition) is 6. The molecule has 1 aromatic carbocycles. The summed E-state index contributed by atoms with van der Waals surface area (Å²) < 4.78 is 0. The Morgan fingerprint density at radius 1 is 1.38 bits per heavy atom. The van der Waals surface area contributed by atoms with Crippen molar-refractivity contribution < 1.29 is 9.72 Å². The summed E-state index contributed by atoms with van der Waals surface area (Å²) in [5.41, 5.74) is 0.268. The first kappa shape index (κ1) is 15.9. The van der Waals surface area contributed by atoms with Gasteiger partial charge in [0.25, 0.3) is 11.6 Å². The molecule has 0 saturated heterocycles. The maximum Gasteiger partial charge on any atom is 0.292 e. The Kier molecular flexibility index (Phi) is 5.66. The minimum atomic E-state index is -0.547. The molecule has 0 aliphatic heterocycles. The van der Waals surface area contributed by atoms with Crippen molar-refractivity contribution in [1.29, 1.82) is 10.5 Å². The maximum absolute atomic E-state index is 12.2. The lowest BCUT2D eigenvalue weighted by Crippen LogP contribution is -2.31. The SMILES string of the molecule is CCNc1cc(C(=O)N(CC#N)CC#N)ccc1[N+](=O)[O-]. The molecular weight excluding hydrogens is 274 g/mol. The predicted molar refractivity (Wildman–Crippen MR) is 74.4 cm³/mol. The van der Waals surface area contributed by atoms with E-state index in [1.54, 1.807) is 19.1 Å². The van der Waals surface area contributed by atoms with Crippen molar-refractivity contribution in [2.24, 2.45) is 0 Å². The summed E-state index contributed by atoms with van der Waals surface area (Å²) in [7, 11) is 0. The van der Waals surface area contributed by atoms with Crippen molar-refractivity contribution >= 4 is 17.3 Å². The molecule has 0 radical (unpaired) electrons. The molecule has 0 saturated carbocycles. The lowest BCUT2D eigenvalue weighted by molar-refractivity contribution is -0.384. The van der Waals surface area contributed by atoms with Gasteiger partial charge in [0.15, 0.2) is 0 Å². The molecule has 0 unspecified atom stereocenters. The highest BCUT2D eigenvalue weighted by atomic mass is 16.6. The summed E-state index contributed by atoms with van der Waals surface area (Å²) in [5.74, 6) is -0.521. The second-order valence-corrected chi connectivity index (χ2v) is 4.00. The molecule has 0 atom stereocenters. The summed E-state index contributed by atoms with van der Waals surface area (Å²) in [6, 6.07) is 7.49. The largest absolute Gasteiger partial charge is 0.380 e. The van der Waals surface area contributed by atoms with E-state index in [0.717, 1.165) is 4.90 Å². The highest BCUT2D eigenvalue weighted by Gasteiger charge is 2.20. The van der Waals surface area contributed by atoms with Crippen LogP contribution in [-0.4, -0.2) is 35.4 Å². The number of amides is 1. The third kappa shape index (κ3) is 3.91. The number of benzene rings is 1. The second-order valence-electron chi connectivity index (χ2n) is 4.00. The summed E-state index contributed by atoms with van der Waals surface area (Å²) >= 11 is 0. The normalized spacial score (nSPS) is 9.29. The van der Waals surface area contributed by atoms with Crippen LogP contribution in [0.25, 0.3) is 0 Å². The Balaban J connectivity index is 3.16. The number of nitro benzene ring substituents is 1. The van der Waals surface area contributed by atoms with Gasteiger partial charge in [0, 0.05) is 18.2 Å². The van der Waals surface area contributed by atoms with Gasteiger partial charge in [0.05, 0.1) is 17.1 Å². The average molecular weight is 287 g/mol. The van der Waals surface area contributed by atoms with Crippen LogP contribution in [0, 0.1) is 32.8 Å². The van der Waals surface area contributed by atoms with Crippen LogP contribution in [0.3, 0.4) is 0 Å². The highest BCUT2D eigenvalue weighted by Crippen LogP contribution is 2.25. The van der Waals surface area contributed by atoms with Crippen LogP contribution in [-0.2, 0) is 0 Å². The zero-order valence-corrected chi connectivity index (χ0v) is 11.4. The fourth-order valence-corrected chi connectivity index (χ4v) is 1.71. The third-order valence-corrected chi connectivity index (χ3v) is 2.62. The second kappa shape index (κ2) is 7.46. The van der Waals surface area contributed by atoms with Crippen LogP contribution in [0.15, 0.2) is 18.2 Å². The van der Waals surface area contributed by atoms with Crippen molar-refractivity contribution in [3.63, 3.8) is 0 Å². The molecule has 8 nitrogen and oxygen atoms in total. The van der Waals surface area contributed by atoms with Crippen LogP contribution in [0.5, 0.6) is 0 Å². The number of rotatable bonds is 6. The fraction of sp³-hybridized carbons (Fsp3) is 0.308. The van der Waals surface area contributed by atoms with Gasteiger partial charge in [-0.2, -0.15) is 10.5 Å². The molecule has 1 rings (SSSR count). The first-order chi connectivity index (χ1) is 10.0. The number of nitrogens with zero attached hydrogens (tertiary/aromatic N) is 4. The van der Waals surface area contributed by atoms with Gasteiger partial charge < -0.3 is 10.2 Å². The Morgan fingerprint density at radius 2 is 2.00 bits per heavy atom. The lowest BCUT2D eigenvalue weighted by Gasteiger charge is -2.16. The summed E-state index contributed by atoms with van der Waals surface area (Å²) in [5, 5.41) is 31.0. The minimum absolute atomic E-state index is 0.138. The van der Waals surface area contributed by atoms with Gasteiger partial charge in [0.2, 0.25) is 0 Å². The molecule has 8 heteroatoms. The average Bonchev–Trinajstić information content (AvgIpc) is 2.46. The van der Waals surface area contributed by atoms with Crippen molar-refractivity contribution in [2.45, 2.75) is 6.92 Å². The standard InChI is InChI=1S/C13H13N5O3/c1-2-16-11-9-10(3-4-12(11)18(20)21)13(19)17(7-5-14)8-6-15/h3-4,9,16H,2,7-8H2,1H3. The van der Waals surface area contributed by atoms with Gasteiger partial charge >= 0.3 is 0 Å². The van der Waals surface area contributed by atoms with E-state index < -0.39 is 10.8 Å². The highest BCUT2D eigenvalue weighted by molar-refractivity contribution is 5.96. The van der Waals surface area contributed by atoms with Crippen molar-refractivity contribution in [2.75, 3.05) is 25.0 Å². The van der Waals surface area contributed by atoms with Gasteiger partial charge in [-0.1, -0.05) is 0 Å². The molecular formula is C13H13N5O3. The van der Waals surface area contributed by atoms with E-state index in [2.05, 4.69) is 5.32 Å². The van der Waals surface area contributed by atoms with Crippen LogP contribution in [0.2, 0.25) is 0 Å². The van der Waals surface area contributed by atoms with E-state index in [1.165, 1.54) is 18.2 Å². The molecule has 108 valence electrons. The van der Waals surface area contributed by atoms with Crippen LogP contribution < -0.4 is 5.32 Å². The first-order valence-electron chi connectivity index (χ1n) is 6.10. The Hall–Kier alpha value is -3.13. The Bertz CT molecular complexity index is 614. The van der Waals surface area contributed by atoms with Gasteiger partial charge in [-0.05, 0) is 19.1 Å². The molecule has 0 spiro atoms. The monoisotopic (exact) mass is 287 g/mol. The van der Waals surface area contributed by atoms with Crippen molar-refractivity contribution in [1.82, 2.24) is 4.90 Å². The minimum Gasteiger partial charge on any atom is -0.380 e. The molecule has 0 aliphatic carbocycles. The third-order valence-electron chi connectivity index (χ3n) is 2.62. The summed E-state index contributed by atoms with van der Waals surface area (Å²) in [6.07, 6.45) is 0. The van der Waals surface area contributed by atoms with Crippen LogP contribution >= 0.6 is 0 Å². The van der Waals surface area contributed by atoms with E-state index in [4.69, 9.17) is 10.5 Å². The smallest absolute Gasteiger partial charge is 0.292 e. The molecule has 0 aromatic heterocycles. The van der Waals surface area contributed by atoms with E-state index in [-0.39, 0.29) is 30.0 Å². The Labute approximate surface area is 121 Å². The lowest BCUT2D eigenvalue weighted by atomic mass is 10.1. The molecule has 0 fully saturated rings.